The number of carbonyl (C=O) groups is 1. The number of carbonyl (C=O) groups excluding carboxylic acids is 1. The molecule has 0 atom stereocenters. The van der Waals surface area contributed by atoms with Crippen LogP contribution in [0.15, 0.2) is 41.4 Å². The number of thiazole rings is 1. The minimum Gasteiger partial charge on any atom is -0.314 e. The number of rotatable bonds is 3. The van der Waals surface area contributed by atoms with Gasteiger partial charge in [0.05, 0.1) is 15.1 Å². The summed E-state index contributed by atoms with van der Waals surface area (Å²) in [4.78, 5) is 26.6. The summed E-state index contributed by atoms with van der Waals surface area (Å²) in [6.45, 7) is 2.06. The molecular formula is C16H11F2N3O3S. The number of nitro groups is 1. The average Bonchev–Trinajstić information content (AvgIpc) is 2.91. The van der Waals surface area contributed by atoms with E-state index in [4.69, 9.17) is 0 Å². The lowest BCUT2D eigenvalue weighted by atomic mass is 10.2. The van der Waals surface area contributed by atoms with Gasteiger partial charge >= 0.3 is 0 Å². The maximum atomic E-state index is 14.1. The van der Waals surface area contributed by atoms with Crippen LogP contribution in [0.3, 0.4) is 0 Å². The third-order valence-electron chi connectivity index (χ3n) is 3.51. The zero-order valence-corrected chi connectivity index (χ0v) is 13.7. The number of amides is 1. The average molecular weight is 363 g/mol. The van der Waals surface area contributed by atoms with Crippen molar-refractivity contribution in [3.8, 4) is 0 Å². The van der Waals surface area contributed by atoms with E-state index in [1.165, 1.54) is 28.8 Å². The van der Waals surface area contributed by atoms with E-state index in [0.29, 0.717) is 11.2 Å². The highest BCUT2D eigenvalue weighted by molar-refractivity contribution is 7.16. The molecule has 3 aromatic rings. The van der Waals surface area contributed by atoms with Crippen LogP contribution in [0, 0.1) is 21.7 Å². The predicted octanol–water partition coefficient (Wildman–Crippen LogP) is 3.65. The highest BCUT2D eigenvalue weighted by atomic mass is 32.1. The zero-order chi connectivity index (χ0) is 18.1. The van der Waals surface area contributed by atoms with Crippen molar-refractivity contribution < 1.29 is 18.5 Å². The fraction of sp³-hybridized carbons (Fsp3) is 0.125. The molecule has 0 unspecified atom stereocenters. The molecule has 0 aliphatic heterocycles. The molecular weight excluding hydrogens is 352 g/mol. The number of fused-ring (bicyclic) bond motifs is 1. The molecule has 0 fully saturated rings. The predicted molar refractivity (Wildman–Crippen MR) is 88.4 cm³/mol. The maximum absolute atomic E-state index is 14.1. The Hall–Kier alpha value is -2.94. The summed E-state index contributed by atoms with van der Waals surface area (Å²) in [5, 5.41) is 10.8. The summed E-state index contributed by atoms with van der Waals surface area (Å²) in [7, 11) is 0. The molecule has 0 saturated carbocycles. The minimum atomic E-state index is -0.739. The summed E-state index contributed by atoms with van der Waals surface area (Å²) in [6, 6.07) is 7.12. The van der Waals surface area contributed by atoms with E-state index in [9.17, 15) is 23.7 Å². The Morgan fingerprint density at radius 3 is 2.76 bits per heavy atom. The van der Waals surface area contributed by atoms with Gasteiger partial charge in [-0.2, -0.15) is 4.99 Å². The van der Waals surface area contributed by atoms with E-state index in [2.05, 4.69) is 4.99 Å². The summed E-state index contributed by atoms with van der Waals surface area (Å²) in [5.74, 6) is -2.15. The van der Waals surface area contributed by atoms with Crippen LogP contribution in [0.5, 0.6) is 0 Å². The highest BCUT2D eigenvalue weighted by Gasteiger charge is 2.15. The number of halogens is 2. The van der Waals surface area contributed by atoms with E-state index < -0.39 is 22.5 Å². The SMILES string of the molecule is CCn1c(=NC(=O)c2cccc([N+](=O)[O-])c2)sc2cc(F)cc(F)c21. The van der Waals surface area contributed by atoms with E-state index in [1.54, 1.807) is 6.92 Å². The van der Waals surface area contributed by atoms with Gasteiger partial charge in [0.1, 0.15) is 5.82 Å². The Balaban J connectivity index is 2.15. The molecule has 0 saturated heterocycles. The molecule has 6 nitrogen and oxygen atoms in total. The molecule has 0 spiro atoms. The van der Waals surface area contributed by atoms with Gasteiger partial charge in [-0.25, -0.2) is 8.78 Å². The van der Waals surface area contributed by atoms with Crippen molar-refractivity contribution in [1.82, 2.24) is 4.57 Å². The van der Waals surface area contributed by atoms with Gasteiger partial charge in [-0.3, -0.25) is 14.9 Å². The van der Waals surface area contributed by atoms with Crippen LogP contribution in [0.4, 0.5) is 14.5 Å². The second kappa shape index (κ2) is 6.52. The monoisotopic (exact) mass is 363 g/mol. The van der Waals surface area contributed by atoms with Crippen LogP contribution in [0.1, 0.15) is 17.3 Å². The minimum absolute atomic E-state index is 0.0426. The third-order valence-corrected chi connectivity index (χ3v) is 4.54. The molecule has 0 bridgehead atoms. The lowest BCUT2D eigenvalue weighted by molar-refractivity contribution is -0.384. The Labute approximate surface area is 143 Å². The van der Waals surface area contributed by atoms with Gasteiger partial charge in [-0.1, -0.05) is 17.4 Å². The zero-order valence-electron chi connectivity index (χ0n) is 12.9. The van der Waals surface area contributed by atoms with Crippen LogP contribution >= 0.6 is 11.3 Å². The quantitative estimate of drug-likeness (QED) is 0.526. The van der Waals surface area contributed by atoms with Crippen LogP contribution < -0.4 is 4.80 Å². The number of nitro benzene ring substituents is 1. The van der Waals surface area contributed by atoms with Crippen molar-refractivity contribution in [1.29, 1.82) is 0 Å². The number of nitrogens with zero attached hydrogens (tertiary/aromatic N) is 3. The number of benzene rings is 2. The Kier molecular flexibility index (Phi) is 4.41. The van der Waals surface area contributed by atoms with Gasteiger partial charge in [0.25, 0.3) is 11.6 Å². The first-order valence-corrected chi connectivity index (χ1v) is 8.04. The Morgan fingerprint density at radius 2 is 2.08 bits per heavy atom. The van der Waals surface area contributed by atoms with Crippen molar-refractivity contribution in [3.05, 3.63) is 68.5 Å². The number of hydrogen-bond donors (Lipinski definition) is 0. The van der Waals surface area contributed by atoms with Crippen LogP contribution in [0.25, 0.3) is 10.2 Å². The first-order valence-electron chi connectivity index (χ1n) is 7.22. The molecule has 3 rings (SSSR count). The van der Waals surface area contributed by atoms with Crippen molar-refractivity contribution in [2.75, 3.05) is 0 Å². The Bertz CT molecular complexity index is 1070. The summed E-state index contributed by atoms with van der Waals surface area (Å²) in [6.07, 6.45) is 0. The van der Waals surface area contributed by atoms with Gasteiger partial charge in [0.2, 0.25) is 0 Å². The smallest absolute Gasteiger partial charge is 0.279 e. The summed E-state index contributed by atoms with van der Waals surface area (Å²) < 4.78 is 29.2. The van der Waals surface area contributed by atoms with Crippen molar-refractivity contribution in [2.24, 2.45) is 4.99 Å². The molecule has 25 heavy (non-hydrogen) atoms. The van der Waals surface area contributed by atoms with Gasteiger partial charge in [0.15, 0.2) is 10.6 Å². The van der Waals surface area contributed by atoms with E-state index in [-0.39, 0.29) is 21.6 Å². The van der Waals surface area contributed by atoms with E-state index >= 15 is 0 Å². The van der Waals surface area contributed by atoms with Gasteiger partial charge in [0, 0.05) is 30.3 Å². The third kappa shape index (κ3) is 3.18. The van der Waals surface area contributed by atoms with E-state index in [1.807, 2.05) is 0 Å². The molecule has 128 valence electrons. The molecule has 0 N–H and O–H groups in total. The highest BCUT2D eigenvalue weighted by Crippen LogP contribution is 2.22. The van der Waals surface area contributed by atoms with Crippen LogP contribution in [0.2, 0.25) is 0 Å². The first kappa shape index (κ1) is 16.9. The second-order valence-electron chi connectivity index (χ2n) is 5.09. The number of non-ortho nitro benzene ring substituents is 1. The van der Waals surface area contributed by atoms with Gasteiger partial charge in [-0.05, 0) is 19.1 Å². The van der Waals surface area contributed by atoms with Gasteiger partial charge in [-0.15, -0.1) is 0 Å². The number of aryl methyl sites for hydroxylation is 1. The standard InChI is InChI=1S/C16H11F2N3O3S/c1-2-20-14-12(18)7-10(17)8-13(14)25-16(20)19-15(22)9-4-3-5-11(6-9)21(23)24/h3-8H,2H2,1H3. The maximum Gasteiger partial charge on any atom is 0.279 e. The molecule has 2 aromatic carbocycles. The lowest BCUT2D eigenvalue weighted by Crippen LogP contribution is -2.16. The largest absolute Gasteiger partial charge is 0.314 e. The van der Waals surface area contributed by atoms with E-state index in [0.717, 1.165) is 23.5 Å². The van der Waals surface area contributed by atoms with Crippen LogP contribution in [-0.4, -0.2) is 15.4 Å². The fourth-order valence-electron chi connectivity index (χ4n) is 2.41. The van der Waals surface area contributed by atoms with Gasteiger partial charge < -0.3 is 4.57 Å². The lowest BCUT2D eigenvalue weighted by Gasteiger charge is -2.01. The topological polar surface area (TPSA) is 77.5 Å². The molecule has 1 aromatic heterocycles. The molecule has 9 heteroatoms. The molecule has 0 aliphatic rings. The normalized spacial score (nSPS) is 11.9. The van der Waals surface area contributed by atoms with Crippen molar-refractivity contribution in [2.45, 2.75) is 13.5 Å². The van der Waals surface area contributed by atoms with Crippen LogP contribution in [-0.2, 0) is 6.54 Å². The summed E-state index contributed by atoms with van der Waals surface area (Å²) in [5.41, 5.74) is -0.0191. The molecule has 0 aliphatic carbocycles. The number of aromatic nitrogens is 1. The van der Waals surface area contributed by atoms with Crippen molar-refractivity contribution >= 4 is 33.1 Å². The number of hydrogen-bond acceptors (Lipinski definition) is 4. The fourth-order valence-corrected chi connectivity index (χ4v) is 3.54. The Morgan fingerprint density at radius 1 is 1.32 bits per heavy atom. The first-order chi connectivity index (χ1) is 11.9. The molecule has 1 heterocycles. The molecule has 1 amide bonds. The second-order valence-corrected chi connectivity index (χ2v) is 6.10. The molecule has 0 radical (unpaired) electrons. The summed E-state index contributed by atoms with van der Waals surface area (Å²) >= 11 is 0.972. The van der Waals surface area contributed by atoms with Crippen molar-refractivity contribution in [3.63, 3.8) is 0 Å².